The highest BCUT2D eigenvalue weighted by molar-refractivity contribution is 5.86. The van der Waals surface area contributed by atoms with Crippen molar-refractivity contribution in [1.82, 2.24) is 0 Å². The van der Waals surface area contributed by atoms with Crippen LogP contribution < -0.4 is 0 Å². The van der Waals surface area contributed by atoms with E-state index in [9.17, 15) is 9.59 Å². The molecule has 0 radical (unpaired) electrons. The quantitative estimate of drug-likeness (QED) is 0.538. The smallest absolute Gasteiger partial charge is 0.330 e. The Labute approximate surface area is 111 Å². The molecule has 1 atom stereocenters. The molecule has 18 heavy (non-hydrogen) atoms. The number of Topliss-reactive ketones (excluding diaryl/α,β-unsaturated/α-hetero) is 1. The zero-order valence-electron chi connectivity index (χ0n) is 12.5. The van der Waals surface area contributed by atoms with E-state index in [1.807, 2.05) is 0 Å². The van der Waals surface area contributed by atoms with Gasteiger partial charge < -0.3 is 4.74 Å². The number of ether oxygens (including phenoxy) is 1. The standard InChI is InChI=1S/C15H26O3/c1-11(9-14(17)18-6)7-13(16)8-12(2)10-15(3,4)5/h9,12H,7-8,10H2,1-6H3. The molecule has 0 aliphatic rings. The number of esters is 1. The van der Waals surface area contributed by atoms with Crippen LogP contribution in [0.15, 0.2) is 11.6 Å². The Morgan fingerprint density at radius 2 is 1.83 bits per heavy atom. The zero-order chi connectivity index (χ0) is 14.3. The van der Waals surface area contributed by atoms with Crippen LogP contribution in [0.25, 0.3) is 0 Å². The Bertz CT molecular complexity index is 321. The molecule has 104 valence electrons. The fraction of sp³-hybridized carbons (Fsp3) is 0.733. The minimum Gasteiger partial charge on any atom is -0.466 e. The van der Waals surface area contributed by atoms with E-state index in [0.717, 1.165) is 12.0 Å². The highest BCUT2D eigenvalue weighted by atomic mass is 16.5. The largest absolute Gasteiger partial charge is 0.466 e. The molecular weight excluding hydrogens is 228 g/mol. The molecular formula is C15H26O3. The summed E-state index contributed by atoms with van der Waals surface area (Å²) in [7, 11) is 1.33. The van der Waals surface area contributed by atoms with Gasteiger partial charge in [-0.3, -0.25) is 4.79 Å². The van der Waals surface area contributed by atoms with E-state index in [0.29, 0.717) is 18.8 Å². The van der Waals surface area contributed by atoms with Crippen LogP contribution in [-0.2, 0) is 14.3 Å². The van der Waals surface area contributed by atoms with E-state index in [4.69, 9.17) is 0 Å². The lowest BCUT2D eigenvalue weighted by Gasteiger charge is -2.22. The lowest BCUT2D eigenvalue weighted by Crippen LogP contribution is -2.14. The molecule has 0 aliphatic heterocycles. The molecule has 3 nitrogen and oxygen atoms in total. The molecule has 3 heteroatoms. The number of hydrogen-bond donors (Lipinski definition) is 0. The first-order chi connectivity index (χ1) is 8.14. The van der Waals surface area contributed by atoms with Crippen LogP contribution in [-0.4, -0.2) is 18.9 Å². The molecule has 0 rings (SSSR count). The Kier molecular flexibility index (Phi) is 6.89. The van der Waals surface area contributed by atoms with E-state index in [-0.39, 0.29) is 11.2 Å². The summed E-state index contributed by atoms with van der Waals surface area (Å²) in [6, 6.07) is 0. The van der Waals surface area contributed by atoms with Crippen LogP contribution >= 0.6 is 0 Å². The topological polar surface area (TPSA) is 43.4 Å². The van der Waals surface area contributed by atoms with Crippen molar-refractivity contribution in [3.8, 4) is 0 Å². The number of methoxy groups -OCH3 is 1. The molecule has 0 bridgehead atoms. The predicted molar refractivity (Wildman–Crippen MR) is 73.3 cm³/mol. The van der Waals surface area contributed by atoms with Gasteiger partial charge in [0.25, 0.3) is 0 Å². The molecule has 0 fully saturated rings. The lowest BCUT2D eigenvalue weighted by atomic mass is 9.83. The van der Waals surface area contributed by atoms with Gasteiger partial charge in [0, 0.05) is 18.9 Å². The maximum absolute atomic E-state index is 11.8. The van der Waals surface area contributed by atoms with E-state index in [1.54, 1.807) is 6.92 Å². The fourth-order valence-corrected chi connectivity index (χ4v) is 2.20. The van der Waals surface area contributed by atoms with Crippen molar-refractivity contribution in [3.63, 3.8) is 0 Å². The fourth-order valence-electron chi connectivity index (χ4n) is 2.20. The maximum Gasteiger partial charge on any atom is 0.330 e. The molecule has 0 saturated heterocycles. The second kappa shape index (κ2) is 7.34. The number of allylic oxidation sites excluding steroid dienone is 1. The van der Waals surface area contributed by atoms with Gasteiger partial charge in [-0.1, -0.05) is 33.3 Å². The van der Waals surface area contributed by atoms with Crippen molar-refractivity contribution in [1.29, 1.82) is 0 Å². The van der Waals surface area contributed by atoms with Crippen LogP contribution in [0.1, 0.15) is 53.9 Å². The van der Waals surface area contributed by atoms with Gasteiger partial charge >= 0.3 is 5.97 Å². The normalized spacial score (nSPS) is 14.2. The van der Waals surface area contributed by atoms with Gasteiger partial charge in [0.15, 0.2) is 0 Å². The van der Waals surface area contributed by atoms with Crippen molar-refractivity contribution in [2.24, 2.45) is 11.3 Å². The third kappa shape index (κ3) is 8.97. The van der Waals surface area contributed by atoms with Crippen molar-refractivity contribution >= 4 is 11.8 Å². The maximum atomic E-state index is 11.8. The van der Waals surface area contributed by atoms with Gasteiger partial charge in [0.2, 0.25) is 0 Å². The Hall–Kier alpha value is -1.12. The van der Waals surface area contributed by atoms with Gasteiger partial charge in [-0.15, -0.1) is 0 Å². The van der Waals surface area contributed by atoms with Crippen molar-refractivity contribution in [3.05, 3.63) is 11.6 Å². The van der Waals surface area contributed by atoms with E-state index in [1.165, 1.54) is 13.2 Å². The van der Waals surface area contributed by atoms with E-state index >= 15 is 0 Å². The van der Waals surface area contributed by atoms with Crippen LogP contribution in [0.5, 0.6) is 0 Å². The number of carbonyl (C=O) groups is 2. The Balaban J connectivity index is 4.19. The van der Waals surface area contributed by atoms with Gasteiger partial charge in [0.1, 0.15) is 5.78 Å². The molecule has 1 unspecified atom stereocenters. The number of ketones is 1. The highest BCUT2D eigenvalue weighted by Gasteiger charge is 2.17. The number of hydrogen-bond acceptors (Lipinski definition) is 3. The molecule has 0 N–H and O–H groups in total. The first-order valence-electron chi connectivity index (χ1n) is 6.41. The molecule has 0 heterocycles. The first-order valence-corrected chi connectivity index (χ1v) is 6.41. The summed E-state index contributed by atoms with van der Waals surface area (Å²) in [6.45, 7) is 10.4. The van der Waals surface area contributed by atoms with E-state index < -0.39 is 5.97 Å². The summed E-state index contributed by atoms with van der Waals surface area (Å²) < 4.78 is 4.52. The molecule has 0 spiro atoms. The summed E-state index contributed by atoms with van der Waals surface area (Å²) in [4.78, 5) is 22.8. The second-order valence-corrected chi connectivity index (χ2v) is 6.30. The number of rotatable bonds is 6. The third-order valence-electron chi connectivity index (χ3n) is 2.58. The summed E-state index contributed by atoms with van der Waals surface area (Å²) in [5.74, 6) is 0.163. The van der Waals surface area contributed by atoms with Crippen LogP contribution in [0.2, 0.25) is 0 Å². The third-order valence-corrected chi connectivity index (χ3v) is 2.58. The summed E-state index contributed by atoms with van der Waals surface area (Å²) in [6.07, 6.45) is 3.32. The predicted octanol–water partition coefficient (Wildman–Crippen LogP) is 3.53. The van der Waals surface area contributed by atoms with E-state index in [2.05, 4.69) is 32.4 Å². The van der Waals surface area contributed by atoms with Gasteiger partial charge in [0.05, 0.1) is 7.11 Å². The monoisotopic (exact) mass is 254 g/mol. The van der Waals surface area contributed by atoms with Crippen LogP contribution in [0.4, 0.5) is 0 Å². The van der Waals surface area contributed by atoms with Crippen molar-refractivity contribution in [2.45, 2.75) is 53.9 Å². The van der Waals surface area contributed by atoms with Gasteiger partial charge in [-0.25, -0.2) is 4.79 Å². The highest BCUT2D eigenvalue weighted by Crippen LogP contribution is 2.26. The summed E-state index contributed by atoms with van der Waals surface area (Å²) in [5, 5.41) is 0. The molecule has 0 amide bonds. The van der Waals surface area contributed by atoms with Crippen molar-refractivity contribution < 1.29 is 14.3 Å². The van der Waals surface area contributed by atoms with Gasteiger partial charge in [-0.2, -0.15) is 0 Å². The summed E-state index contributed by atoms with van der Waals surface area (Å²) in [5.41, 5.74) is 1.01. The minimum absolute atomic E-state index is 0.185. The van der Waals surface area contributed by atoms with Crippen LogP contribution in [0, 0.1) is 11.3 Å². The molecule has 0 saturated carbocycles. The average molecular weight is 254 g/mol. The second-order valence-electron chi connectivity index (χ2n) is 6.30. The SMILES string of the molecule is COC(=O)C=C(C)CC(=O)CC(C)CC(C)(C)C. The molecule has 0 aliphatic carbocycles. The Morgan fingerprint density at radius 1 is 1.28 bits per heavy atom. The average Bonchev–Trinajstić information content (AvgIpc) is 2.12. The first kappa shape index (κ1) is 16.9. The zero-order valence-corrected chi connectivity index (χ0v) is 12.5. The molecule has 0 aromatic carbocycles. The van der Waals surface area contributed by atoms with Crippen molar-refractivity contribution in [2.75, 3.05) is 7.11 Å². The lowest BCUT2D eigenvalue weighted by molar-refractivity contribution is -0.134. The molecule has 0 aromatic heterocycles. The minimum atomic E-state index is -0.400. The van der Waals surface area contributed by atoms with Crippen LogP contribution in [0.3, 0.4) is 0 Å². The Morgan fingerprint density at radius 3 is 2.28 bits per heavy atom. The number of carbonyl (C=O) groups excluding carboxylic acids is 2. The molecule has 0 aromatic rings. The van der Waals surface area contributed by atoms with Gasteiger partial charge in [-0.05, 0) is 24.7 Å². The summed E-state index contributed by atoms with van der Waals surface area (Å²) >= 11 is 0.